The molecule has 3 aromatic rings. The molecule has 2 N–H and O–H groups in total. The van der Waals surface area contributed by atoms with Crippen LogP contribution in [0.15, 0.2) is 59.9 Å². The molecule has 1 amide bonds. The fraction of sp³-hybridized carbons (Fsp3) is 0.190. The van der Waals surface area contributed by atoms with E-state index in [0.29, 0.717) is 16.4 Å². The minimum absolute atomic E-state index is 0.159. The van der Waals surface area contributed by atoms with Crippen LogP contribution in [0, 0.1) is 11.6 Å². The summed E-state index contributed by atoms with van der Waals surface area (Å²) in [6.45, 7) is 2.63. The van der Waals surface area contributed by atoms with Crippen molar-refractivity contribution in [1.82, 2.24) is 19.7 Å². The molecule has 3 rings (SSSR count). The van der Waals surface area contributed by atoms with Gasteiger partial charge in [0.2, 0.25) is 5.91 Å². The average Bonchev–Trinajstić information content (AvgIpc) is 3.05. The molecule has 162 valence electrons. The number of rotatable bonds is 8. The maximum absolute atomic E-state index is 14.0. The van der Waals surface area contributed by atoms with Crippen molar-refractivity contribution in [2.45, 2.75) is 19.1 Å². The van der Waals surface area contributed by atoms with Gasteiger partial charge in [-0.2, -0.15) is 0 Å². The quantitative estimate of drug-likeness (QED) is 0.518. The van der Waals surface area contributed by atoms with Crippen LogP contribution in [0.4, 0.5) is 8.78 Å². The minimum Gasteiger partial charge on any atom is -0.394 e. The predicted molar refractivity (Wildman–Crippen MR) is 111 cm³/mol. The van der Waals surface area contributed by atoms with Crippen LogP contribution in [0.2, 0.25) is 5.02 Å². The Kier molecular flexibility index (Phi) is 6.98. The van der Waals surface area contributed by atoms with E-state index >= 15 is 0 Å². The third kappa shape index (κ3) is 4.89. The SMILES string of the molecule is C=CCn1c(-c2ccc(Cl)cc2)nn(CC(=O)NC(CO)c2cccc(F)c2F)c1=O. The summed E-state index contributed by atoms with van der Waals surface area (Å²) in [6.07, 6.45) is 1.52. The summed E-state index contributed by atoms with van der Waals surface area (Å²) in [5.41, 5.74) is -0.155. The lowest BCUT2D eigenvalue weighted by Crippen LogP contribution is -2.37. The van der Waals surface area contributed by atoms with Crippen molar-refractivity contribution >= 4 is 17.5 Å². The minimum atomic E-state index is -1.19. The van der Waals surface area contributed by atoms with Gasteiger partial charge in [0.05, 0.1) is 12.6 Å². The standard InChI is InChI=1S/C21H19ClF2N4O3/c1-2-10-27-20(13-6-8-14(22)9-7-13)26-28(21(27)31)11-18(30)25-17(12-29)15-4-3-5-16(23)19(15)24/h2-9,17,29H,1,10-12H2,(H,25,30). The number of carbonyl (C=O) groups is 1. The third-order valence-electron chi connectivity index (χ3n) is 4.50. The third-order valence-corrected chi connectivity index (χ3v) is 4.76. The fourth-order valence-electron chi connectivity index (χ4n) is 3.04. The van der Waals surface area contributed by atoms with Crippen molar-refractivity contribution in [1.29, 1.82) is 0 Å². The fourth-order valence-corrected chi connectivity index (χ4v) is 3.16. The van der Waals surface area contributed by atoms with Gasteiger partial charge in [-0.15, -0.1) is 11.7 Å². The molecule has 0 aliphatic heterocycles. The second kappa shape index (κ2) is 9.67. The number of hydrogen-bond acceptors (Lipinski definition) is 4. The largest absolute Gasteiger partial charge is 0.394 e. The van der Waals surface area contributed by atoms with Gasteiger partial charge in [0.1, 0.15) is 6.54 Å². The van der Waals surface area contributed by atoms with Crippen LogP contribution in [0.3, 0.4) is 0 Å². The lowest BCUT2D eigenvalue weighted by molar-refractivity contribution is -0.123. The topological polar surface area (TPSA) is 89.2 Å². The molecule has 1 atom stereocenters. The number of nitrogens with one attached hydrogen (secondary N) is 1. The molecule has 0 saturated carbocycles. The van der Waals surface area contributed by atoms with Crippen molar-refractivity contribution in [3.8, 4) is 11.4 Å². The van der Waals surface area contributed by atoms with Gasteiger partial charge in [0, 0.05) is 22.7 Å². The van der Waals surface area contributed by atoms with Gasteiger partial charge >= 0.3 is 5.69 Å². The molecular weight excluding hydrogens is 430 g/mol. The first-order valence-corrected chi connectivity index (χ1v) is 9.62. The Balaban J connectivity index is 1.86. The van der Waals surface area contributed by atoms with E-state index in [9.17, 15) is 23.5 Å². The summed E-state index contributed by atoms with van der Waals surface area (Å²) in [5.74, 6) is -2.67. The van der Waals surface area contributed by atoms with E-state index < -0.39 is 42.4 Å². The predicted octanol–water partition coefficient (Wildman–Crippen LogP) is 2.68. The van der Waals surface area contributed by atoms with E-state index in [-0.39, 0.29) is 12.1 Å². The smallest absolute Gasteiger partial charge is 0.346 e. The van der Waals surface area contributed by atoms with Crippen LogP contribution in [-0.4, -0.2) is 32.0 Å². The molecule has 0 aliphatic carbocycles. The highest BCUT2D eigenvalue weighted by Crippen LogP contribution is 2.20. The summed E-state index contributed by atoms with van der Waals surface area (Å²) in [4.78, 5) is 25.2. The van der Waals surface area contributed by atoms with Gasteiger partial charge in [0.25, 0.3) is 0 Å². The molecule has 0 spiro atoms. The van der Waals surface area contributed by atoms with Gasteiger partial charge in [-0.1, -0.05) is 29.8 Å². The summed E-state index contributed by atoms with van der Waals surface area (Å²) in [6, 6.07) is 8.91. The Labute approximate surface area is 181 Å². The number of allylic oxidation sites excluding steroid dienone is 1. The highest BCUT2D eigenvalue weighted by molar-refractivity contribution is 6.30. The van der Waals surface area contributed by atoms with Crippen LogP contribution in [-0.2, 0) is 17.9 Å². The molecule has 1 heterocycles. The normalized spacial score (nSPS) is 11.9. The first-order chi connectivity index (χ1) is 14.8. The molecule has 0 radical (unpaired) electrons. The first kappa shape index (κ1) is 22.4. The molecule has 0 fully saturated rings. The molecule has 0 bridgehead atoms. The van der Waals surface area contributed by atoms with Crippen LogP contribution in [0.25, 0.3) is 11.4 Å². The van der Waals surface area contributed by atoms with E-state index in [1.807, 2.05) is 0 Å². The Bertz CT molecular complexity index is 1160. The van der Waals surface area contributed by atoms with Gasteiger partial charge in [-0.05, 0) is 30.3 Å². The number of nitrogens with zero attached hydrogens (tertiary/aromatic N) is 3. The second-order valence-corrected chi connectivity index (χ2v) is 7.05. The lowest BCUT2D eigenvalue weighted by Gasteiger charge is -2.17. The van der Waals surface area contributed by atoms with Crippen molar-refractivity contribution < 1.29 is 18.7 Å². The number of amides is 1. The zero-order valence-electron chi connectivity index (χ0n) is 16.3. The Morgan fingerprint density at radius 2 is 1.97 bits per heavy atom. The van der Waals surface area contributed by atoms with Gasteiger partial charge in [-0.3, -0.25) is 9.36 Å². The number of hydrogen-bond donors (Lipinski definition) is 2. The summed E-state index contributed by atoms with van der Waals surface area (Å²) in [5, 5.41) is 16.7. The van der Waals surface area contributed by atoms with E-state index in [1.165, 1.54) is 22.8 Å². The van der Waals surface area contributed by atoms with Crippen molar-refractivity contribution in [2.75, 3.05) is 6.61 Å². The molecule has 1 aromatic heterocycles. The van der Waals surface area contributed by atoms with Crippen LogP contribution >= 0.6 is 11.6 Å². The summed E-state index contributed by atoms with van der Waals surface area (Å²) in [7, 11) is 0. The highest BCUT2D eigenvalue weighted by atomic mass is 35.5. The van der Waals surface area contributed by atoms with E-state index in [4.69, 9.17) is 11.6 Å². The number of aliphatic hydroxyl groups excluding tert-OH is 1. The van der Waals surface area contributed by atoms with Gasteiger partial charge in [0.15, 0.2) is 17.5 Å². The Morgan fingerprint density at radius 1 is 1.26 bits per heavy atom. The number of aliphatic hydroxyl groups is 1. The summed E-state index contributed by atoms with van der Waals surface area (Å²) >= 11 is 5.91. The van der Waals surface area contributed by atoms with Crippen LogP contribution in [0.1, 0.15) is 11.6 Å². The molecule has 2 aromatic carbocycles. The second-order valence-electron chi connectivity index (χ2n) is 6.62. The molecule has 1 unspecified atom stereocenters. The van der Waals surface area contributed by atoms with Gasteiger partial charge < -0.3 is 10.4 Å². The lowest BCUT2D eigenvalue weighted by atomic mass is 10.1. The van der Waals surface area contributed by atoms with Crippen molar-refractivity contribution in [2.24, 2.45) is 0 Å². The maximum Gasteiger partial charge on any atom is 0.346 e. The Morgan fingerprint density at radius 3 is 2.61 bits per heavy atom. The molecule has 10 heteroatoms. The van der Waals surface area contributed by atoms with Gasteiger partial charge in [-0.25, -0.2) is 18.3 Å². The van der Waals surface area contributed by atoms with E-state index in [2.05, 4.69) is 17.0 Å². The van der Waals surface area contributed by atoms with Crippen molar-refractivity contribution in [3.05, 3.63) is 87.8 Å². The zero-order chi connectivity index (χ0) is 22.5. The molecule has 7 nitrogen and oxygen atoms in total. The van der Waals surface area contributed by atoms with E-state index in [1.54, 1.807) is 24.3 Å². The maximum atomic E-state index is 14.0. The average molecular weight is 449 g/mol. The van der Waals surface area contributed by atoms with Crippen molar-refractivity contribution in [3.63, 3.8) is 0 Å². The number of carbonyl (C=O) groups excluding carboxylic acids is 1. The number of aromatic nitrogens is 3. The monoisotopic (exact) mass is 448 g/mol. The summed E-state index contributed by atoms with van der Waals surface area (Å²) < 4.78 is 29.8. The molecule has 0 aliphatic rings. The van der Waals surface area contributed by atoms with Crippen LogP contribution in [0.5, 0.6) is 0 Å². The first-order valence-electron chi connectivity index (χ1n) is 9.24. The number of benzene rings is 2. The molecule has 31 heavy (non-hydrogen) atoms. The number of halogens is 3. The van der Waals surface area contributed by atoms with Crippen LogP contribution < -0.4 is 11.0 Å². The molecular formula is C21H19ClF2N4O3. The van der Waals surface area contributed by atoms with E-state index in [0.717, 1.165) is 10.7 Å². The Hall–Kier alpha value is -3.30. The zero-order valence-corrected chi connectivity index (χ0v) is 17.0. The highest BCUT2D eigenvalue weighted by Gasteiger charge is 2.21. The molecule has 0 saturated heterocycles.